The fourth-order valence-corrected chi connectivity index (χ4v) is 1.56. The predicted octanol–water partition coefficient (Wildman–Crippen LogP) is 2.26. The van der Waals surface area contributed by atoms with Crippen molar-refractivity contribution in [2.75, 3.05) is 5.43 Å². The second-order valence-electron chi connectivity index (χ2n) is 3.54. The molecule has 2 aromatic rings. The Balaban J connectivity index is 2.37. The van der Waals surface area contributed by atoms with Crippen molar-refractivity contribution in [3.63, 3.8) is 0 Å². The Kier molecular flexibility index (Phi) is 3.69. The van der Waals surface area contributed by atoms with Crippen molar-refractivity contribution in [2.45, 2.75) is 13.3 Å². The van der Waals surface area contributed by atoms with Crippen LogP contribution in [0.15, 0.2) is 30.6 Å². The van der Waals surface area contributed by atoms with Crippen LogP contribution in [0.1, 0.15) is 12.5 Å². The summed E-state index contributed by atoms with van der Waals surface area (Å²) in [4.78, 5) is 7.97. The summed E-state index contributed by atoms with van der Waals surface area (Å²) in [5, 5.41) is 0. The van der Waals surface area contributed by atoms with Gasteiger partial charge in [0.2, 0.25) is 5.88 Å². The van der Waals surface area contributed by atoms with Crippen LogP contribution in [0.5, 0.6) is 11.6 Å². The largest absolute Gasteiger partial charge is 0.435 e. The summed E-state index contributed by atoms with van der Waals surface area (Å²) in [6, 6.07) is 6.14. The third-order valence-electron chi connectivity index (χ3n) is 2.44. The molecule has 0 aliphatic heterocycles. The van der Waals surface area contributed by atoms with Crippen LogP contribution in [0.3, 0.4) is 0 Å². The Morgan fingerprint density at radius 3 is 2.78 bits per heavy atom. The summed E-state index contributed by atoms with van der Waals surface area (Å²) >= 11 is 0. The van der Waals surface area contributed by atoms with Crippen molar-refractivity contribution in [2.24, 2.45) is 5.84 Å². The zero-order valence-corrected chi connectivity index (χ0v) is 9.85. The molecule has 0 fully saturated rings. The summed E-state index contributed by atoms with van der Waals surface area (Å²) in [5.74, 6) is 5.79. The standard InChI is InChI=1S/C12H13FN4O/c1-2-8-11(17-14)15-7-16-12(8)18-10-6-4-3-5-9(10)13/h3-7H,2,14H2,1H3,(H,15,16,17). The van der Waals surface area contributed by atoms with Crippen LogP contribution < -0.4 is 16.0 Å². The Labute approximate surface area is 104 Å². The summed E-state index contributed by atoms with van der Waals surface area (Å²) in [7, 11) is 0. The molecule has 1 aromatic heterocycles. The molecular formula is C12H13FN4O. The molecule has 0 saturated carbocycles. The van der Waals surface area contributed by atoms with E-state index in [4.69, 9.17) is 10.6 Å². The molecule has 0 spiro atoms. The molecule has 5 nitrogen and oxygen atoms in total. The number of hydrazine groups is 1. The molecule has 1 aromatic carbocycles. The highest BCUT2D eigenvalue weighted by atomic mass is 19.1. The Bertz CT molecular complexity index is 547. The van der Waals surface area contributed by atoms with E-state index in [-0.39, 0.29) is 5.75 Å². The van der Waals surface area contributed by atoms with Crippen molar-refractivity contribution in [3.8, 4) is 11.6 Å². The fourth-order valence-electron chi connectivity index (χ4n) is 1.56. The van der Waals surface area contributed by atoms with Gasteiger partial charge in [-0.2, -0.15) is 0 Å². The van der Waals surface area contributed by atoms with Crippen LogP contribution in [0.2, 0.25) is 0 Å². The molecule has 0 amide bonds. The molecule has 2 rings (SSSR count). The molecule has 0 aliphatic carbocycles. The first-order valence-electron chi connectivity index (χ1n) is 5.49. The zero-order chi connectivity index (χ0) is 13.0. The van der Waals surface area contributed by atoms with E-state index in [0.717, 1.165) is 0 Å². The molecule has 6 heteroatoms. The van der Waals surface area contributed by atoms with Crippen LogP contribution in [-0.4, -0.2) is 9.97 Å². The highest BCUT2D eigenvalue weighted by Gasteiger charge is 2.12. The molecule has 0 aliphatic rings. The van der Waals surface area contributed by atoms with Crippen LogP contribution in [0.4, 0.5) is 10.2 Å². The van der Waals surface area contributed by atoms with Crippen molar-refractivity contribution in [1.82, 2.24) is 9.97 Å². The lowest BCUT2D eigenvalue weighted by molar-refractivity contribution is 0.422. The summed E-state index contributed by atoms with van der Waals surface area (Å²) in [6.45, 7) is 1.91. The fraction of sp³-hybridized carbons (Fsp3) is 0.167. The Morgan fingerprint density at radius 2 is 2.11 bits per heavy atom. The number of anilines is 1. The molecule has 0 saturated heterocycles. The summed E-state index contributed by atoms with van der Waals surface area (Å²) in [5.41, 5.74) is 3.16. The number of para-hydroxylation sites is 1. The minimum atomic E-state index is -0.444. The third kappa shape index (κ3) is 2.38. The summed E-state index contributed by atoms with van der Waals surface area (Å²) in [6.07, 6.45) is 1.93. The van der Waals surface area contributed by atoms with Gasteiger partial charge < -0.3 is 10.2 Å². The lowest BCUT2D eigenvalue weighted by Gasteiger charge is -2.11. The monoisotopic (exact) mass is 248 g/mol. The van der Waals surface area contributed by atoms with Gasteiger partial charge in [-0.3, -0.25) is 0 Å². The van der Waals surface area contributed by atoms with E-state index >= 15 is 0 Å². The molecule has 0 unspecified atom stereocenters. The van der Waals surface area contributed by atoms with Crippen molar-refractivity contribution < 1.29 is 9.13 Å². The molecule has 0 atom stereocenters. The number of nitrogen functional groups attached to an aromatic ring is 1. The molecule has 3 N–H and O–H groups in total. The van der Waals surface area contributed by atoms with Crippen molar-refractivity contribution in [3.05, 3.63) is 42.0 Å². The van der Waals surface area contributed by atoms with E-state index in [0.29, 0.717) is 23.7 Å². The van der Waals surface area contributed by atoms with Gasteiger partial charge in [0.15, 0.2) is 11.6 Å². The van der Waals surface area contributed by atoms with E-state index in [2.05, 4.69) is 15.4 Å². The molecule has 0 bridgehead atoms. The van der Waals surface area contributed by atoms with Gasteiger partial charge in [-0.1, -0.05) is 19.1 Å². The second kappa shape index (κ2) is 5.42. The molecule has 1 heterocycles. The number of benzene rings is 1. The highest BCUT2D eigenvalue weighted by molar-refractivity contribution is 5.48. The predicted molar refractivity (Wildman–Crippen MR) is 65.7 cm³/mol. The van der Waals surface area contributed by atoms with Gasteiger partial charge >= 0.3 is 0 Å². The topological polar surface area (TPSA) is 73.1 Å². The normalized spacial score (nSPS) is 10.2. The van der Waals surface area contributed by atoms with Crippen molar-refractivity contribution in [1.29, 1.82) is 0 Å². The third-order valence-corrected chi connectivity index (χ3v) is 2.44. The van der Waals surface area contributed by atoms with Gasteiger partial charge in [0, 0.05) is 0 Å². The smallest absolute Gasteiger partial charge is 0.227 e. The number of rotatable bonds is 4. The Morgan fingerprint density at radius 1 is 1.33 bits per heavy atom. The number of nitrogens with one attached hydrogen (secondary N) is 1. The molecule has 94 valence electrons. The highest BCUT2D eigenvalue weighted by Crippen LogP contribution is 2.28. The lowest BCUT2D eigenvalue weighted by Crippen LogP contribution is -2.12. The minimum absolute atomic E-state index is 0.119. The average Bonchev–Trinajstić information content (AvgIpc) is 2.41. The molecular weight excluding hydrogens is 235 g/mol. The number of hydrogen-bond acceptors (Lipinski definition) is 5. The first-order valence-corrected chi connectivity index (χ1v) is 5.49. The maximum Gasteiger partial charge on any atom is 0.227 e. The van der Waals surface area contributed by atoms with E-state index in [1.165, 1.54) is 18.5 Å². The molecule has 18 heavy (non-hydrogen) atoms. The van der Waals surface area contributed by atoms with E-state index in [1.807, 2.05) is 6.92 Å². The average molecular weight is 248 g/mol. The molecule has 0 radical (unpaired) electrons. The quantitative estimate of drug-likeness (QED) is 0.641. The second-order valence-corrected chi connectivity index (χ2v) is 3.54. The maximum atomic E-state index is 13.5. The maximum absolute atomic E-state index is 13.5. The van der Waals surface area contributed by atoms with Gasteiger partial charge in [-0.15, -0.1) is 0 Å². The first kappa shape index (κ1) is 12.3. The van der Waals surface area contributed by atoms with Gasteiger partial charge in [0.05, 0.1) is 5.56 Å². The number of nitrogens with two attached hydrogens (primary N) is 1. The van der Waals surface area contributed by atoms with E-state index < -0.39 is 5.82 Å². The number of halogens is 1. The van der Waals surface area contributed by atoms with Gasteiger partial charge in [0.1, 0.15) is 12.1 Å². The van der Waals surface area contributed by atoms with Gasteiger partial charge in [-0.05, 0) is 18.6 Å². The summed E-state index contributed by atoms with van der Waals surface area (Å²) < 4.78 is 18.9. The van der Waals surface area contributed by atoms with Gasteiger partial charge in [0.25, 0.3) is 0 Å². The number of ether oxygens (including phenoxy) is 1. The number of aromatic nitrogens is 2. The van der Waals surface area contributed by atoms with Crippen LogP contribution in [0.25, 0.3) is 0 Å². The van der Waals surface area contributed by atoms with Crippen LogP contribution >= 0.6 is 0 Å². The number of nitrogens with zero attached hydrogens (tertiary/aromatic N) is 2. The van der Waals surface area contributed by atoms with Crippen LogP contribution in [-0.2, 0) is 6.42 Å². The lowest BCUT2D eigenvalue weighted by atomic mass is 10.2. The SMILES string of the molecule is CCc1c(NN)ncnc1Oc1ccccc1F. The number of hydrogen-bond donors (Lipinski definition) is 2. The zero-order valence-electron chi connectivity index (χ0n) is 9.85. The van der Waals surface area contributed by atoms with E-state index in [9.17, 15) is 4.39 Å². The minimum Gasteiger partial charge on any atom is -0.435 e. The van der Waals surface area contributed by atoms with Gasteiger partial charge in [-0.25, -0.2) is 20.2 Å². The van der Waals surface area contributed by atoms with Crippen molar-refractivity contribution >= 4 is 5.82 Å². The van der Waals surface area contributed by atoms with Crippen LogP contribution in [0, 0.1) is 5.82 Å². The van der Waals surface area contributed by atoms with E-state index in [1.54, 1.807) is 12.1 Å². The first-order chi connectivity index (χ1) is 8.76. The Hall–Kier alpha value is -2.21.